The fourth-order valence-electron chi connectivity index (χ4n) is 2.65. The van der Waals surface area contributed by atoms with Crippen molar-refractivity contribution in [2.75, 3.05) is 37.6 Å². The van der Waals surface area contributed by atoms with Crippen molar-refractivity contribution in [3.8, 4) is 0 Å². The molecule has 1 N–H and O–H groups in total. The number of nitro groups is 1. The molecular formula is C14H22N4O3. The summed E-state index contributed by atoms with van der Waals surface area (Å²) in [4.78, 5) is 18.9. The summed E-state index contributed by atoms with van der Waals surface area (Å²) in [6, 6.07) is 1.56. The molecule has 0 saturated carbocycles. The molecule has 0 aliphatic carbocycles. The molecule has 7 nitrogen and oxygen atoms in total. The van der Waals surface area contributed by atoms with Crippen molar-refractivity contribution in [2.45, 2.75) is 26.4 Å². The van der Waals surface area contributed by atoms with Crippen molar-refractivity contribution in [1.29, 1.82) is 0 Å². The first-order valence-corrected chi connectivity index (χ1v) is 7.07. The standard InChI is InChI=1S/C14H22N4O3/c1-11-8-12(18(20)21)9-15-13(11)17-6-4-16(5-7-17)10-14(2,3)19/h8-9,19H,4-7,10H2,1-3H3. The van der Waals surface area contributed by atoms with Crippen molar-refractivity contribution >= 4 is 11.5 Å². The summed E-state index contributed by atoms with van der Waals surface area (Å²) >= 11 is 0. The summed E-state index contributed by atoms with van der Waals surface area (Å²) in [5.41, 5.74) is 0.154. The van der Waals surface area contributed by atoms with Crippen LogP contribution in [0.25, 0.3) is 0 Å². The van der Waals surface area contributed by atoms with E-state index in [9.17, 15) is 15.2 Å². The van der Waals surface area contributed by atoms with Gasteiger partial charge in [0.1, 0.15) is 12.0 Å². The van der Waals surface area contributed by atoms with E-state index in [-0.39, 0.29) is 5.69 Å². The van der Waals surface area contributed by atoms with Crippen molar-refractivity contribution in [3.05, 3.63) is 27.9 Å². The van der Waals surface area contributed by atoms with Crippen LogP contribution < -0.4 is 4.90 Å². The van der Waals surface area contributed by atoms with E-state index in [1.54, 1.807) is 19.9 Å². The molecule has 1 aliphatic rings. The maximum Gasteiger partial charge on any atom is 0.287 e. The van der Waals surface area contributed by atoms with Gasteiger partial charge in [0, 0.05) is 38.8 Å². The number of rotatable bonds is 4. The number of aliphatic hydroxyl groups is 1. The molecule has 0 aromatic carbocycles. The van der Waals surface area contributed by atoms with Gasteiger partial charge >= 0.3 is 0 Å². The number of nitrogens with zero attached hydrogens (tertiary/aromatic N) is 4. The number of hydrogen-bond donors (Lipinski definition) is 1. The first-order valence-electron chi connectivity index (χ1n) is 7.07. The van der Waals surface area contributed by atoms with Gasteiger partial charge in [0.25, 0.3) is 5.69 Å². The van der Waals surface area contributed by atoms with Gasteiger partial charge in [-0.25, -0.2) is 4.98 Å². The molecule has 0 radical (unpaired) electrons. The van der Waals surface area contributed by atoms with Crippen LogP contribution in [0.15, 0.2) is 12.3 Å². The molecule has 0 spiro atoms. The highest BCUT2D eigenvalue weighted by Crippen LogP contribution is 2.22. The lowest BCUT2D eigenvalue weighted by molar-refractivity contribution is -0.385. The lowest BCUT2D eigenvalue weighted by atomic mass is 10.1. The molecule has 0 bridgehead atoms. The van der Waals surface area contributed by atoms with Gasteiger partial charge in [0.05, 0.1) is 10.5 Å². The van der Waals surface area contributed by atoms with Gasteiger partial charge in [-0.15, -0.1) is 0 Å². The minimum Gasteiger partial charge on any atom is -0.389 e. The molecule has 0 unspecified atom stereocenters. The minimum absolute atomic E-state index is 0.0249. The van der Waals surface area contributed by atoms with Crippen LogP contribution in [-0.4, -0.2) is 58.2 Å². The first kappa shape index (κ1) is 15.7. The quantitative estimate of drug-likeness (QED) is 0.663. The number of aryl methyl sites for hydroxylation is 1. The van der Waals surface area contributed by atoms with Crippen LogP contribution in [0, 0.1) is 17.0 Å². The summed E-state index contributed by atoms with van der Waals surface area (Å²) in [7, 11) is 0. The average Bonchev–Trinajstić information content (AvgIpc) is 2.38. The summed E-state index contributed by atoms with van der Waals surface area (Å²) < 4.78 is 0. The third kappa shape index (κ3) is 4.12. The molecule has 1 saturated heterocycles. The Morgan fingerprint density at radius 3 is 2.48 bits per heavy atom. The van der Waals surface area contributed by atoms with Crippen LogP contribution in [0.1, 0.15) is 19.4 Å². The molecule has 0 amide bonds. The van der Waals surface area contributed by atoms with E-state index >= 15 is 0 Å². The van der Waals surface area contributed by atoms with E-state index in [0.29, 0.717) is 6.54 Å². The van der Waals surface area contributed by atoms with Crippen molar-refractivity contribution in [3.63, 3.8) is 0 Å². The predicted molar refractivity (Wildman–Crippen MR) is 80.6 cm³/mol. The molecule has 1 fully saturated rings. The molecule has 7 heteroatoms. The highest BCUT2D eigenvalue weighted by Gasteiger charge is 2.24. The Morgan fingerprint density at radius 2 is 2.00 bits per heavy atom. The Morgan fingerprint density at radius 1 is 1.38 bits per heavy atom. The second-order valence-corrected chi connectivity index (χ2v) is 6.17. The fraction of sp³-hybridized carbons (Fsp3) is 0.643. The third-order valence-electron chi connectivity index (χ3n) is 3.53. The maximum atomic E-state index is 10.7. The zero-order valence-corrected chi connectivity index (χ0v) is 12.7. The number of β-amino-alcohol motifs (C(OH)–C–C–N with tert-alkyl or cyclic N) is 1. The Hall–Kier alpha value is -1.73. The molecule has 1 aromatic heterocycles. The average molecular weight is 294 g/mol. The van der Waals surface area contributed by atoms with Gasteiger partial charge in [-0.3, -0.25) is 15.0 Å². The highest BCUT2D eigenvalue weighted by molar-refractivity contribution is 5.50. The zero-order valence-electron chi connectivity index (χ0n) is 12.7. The van der Waals surface area contributed by atoms with Crippen LogP contribution in [0.2, 0.25) is 0 Å². The lowest BCUT2D eigenvalue weighted by Crippen LogP contribution is -2.50. The normalized spacial score (nSPS) is 17.0. The number of pyridine rings is 1. The van der Waals surface area contributed by atoms with Gasteiger partial charge in [-0.1, -0.05) is 0 Å². The fourth-order valence-corrected chi connectivity index (χ4v) is 2.65. The number of aromatic nitrogens is 1. The molecule has 1 aromatic rings. The van der Waals surface area contributed by atoms with Gasteiger partial charge in [-0.05, 0) is 26.3 Å². The zero-order chi connectivity index (χ0) is 15.6. The van der Waals surface area contributed by atoms with Crippen molar-refractivity contribution in [2.24, 2.45) is 0 Å². The highest BCUT2D eigenvalue weighted by atomic mass is 16.6. The van der Waals surface area contributed by atoms with Gasteiger partial charge in [0.2, 0.25) is 0 Å². The SMILES string of the molecule is Cc1cc([N+](=O)[O-])cnc1N1CCN(CC(C)(C)O)CC1. The lowest BCUT2D eigenvalue weighted by Gasteiger charge is -2.38. The molecule has 1 aliphatic heterocycles. The molecule has 116 valence electrons. The topological polar surface area (TPSA) is 82.7 Å². The van der Waals surface area contributed by atoms with Gasteiger partial charge in [-0.2, -0.15) is 0 Å². The number of hydrogen-bond acceptors (Lipinski definition) is 6. The van der Waals surface area contributed by atoms with Crippen molar-refractivity contribution < 1.29 is 10.0 Å². The Balaban J connectivity index is 2.01. The second-order valence-electron chi connectivity index (χ2n) is 6.17. The smallest absolute Gasteiger partial charge is 0.287 e. The molecule has 2 heterocycles. The van der Waals surface area contributed by atoms with E-state index in [1.165, 1.54) is 6.20 Å². The summed E-state index contributed by atoms with van der Waals surface area (Å²) in [6.07, 6.45) is 1.31. The van der Waals surface area contributed by atoms with Crippen LogP contribution in [0.4, 0.5) is 11.5 Å². The second kappa shape index (κ2) is 5.95. The van der Waals surface area contributed by atoms with E-state index < -0.39 is 10.5 Å². The Bertz CT molecular complexity index is 519. The van der Waals surface area contributed by atoms with Crippen LogP contribution in [-0.2, 0) is 0 Å². The first-order chi connectivity index (χ1) is 9.76. The van der Waals surface area contributed by atoms with Crippen molar-refractivity contribution in [1.82, 2.24) is 9.88 Å². The third-order valence-corrected chi connectivity index (χ3v) is 3.53. The maximum absolute atomic E-state index is 10.7. The van der Waals surface area contributed by atoms with E-state index in [1.807, 2.05) is 6.92 Å². The van der Waals surface area contributed by atoms with E-state index in [2.05, 4.69) is 14.8 Å². The minimum atomic E-state index is -0.691. The van der Waals surface area contributed by atoms with E-state index in [0.717, 1.165) is 37.6 Å². The number of anilines is 1. The summed E-state index contributed by atoms with van der Waals surface area (Å²) in [5, 5.41) is 20.6. The van der Waals surface area contributed by atoms with Gasteiger partial charge < -0.3 is 10.0 Å². The molecule has 21 heavy (non-hydrogen) atoms. The predicted octanol–water partition coefficient (Wildman–Crippen LogP) is 1.19. The summed E-state index contributed by atoms with van der Waals surface area (Å²) in [6.45, 7) is 9.42. The Kier molecular flexibility index (Phi) is 4.43. The monoisotopic (exact) mass is 294 g/mol. The molecular weight excluding hydrogens is 272 g/mol. The van der Waals surface area contributed by atoms with Crippen LogP contribution in [0.5, 0.6) is 0 Å². The van der Waals surface area contributed by atoms with Crippen LogP contribution >= 0.6 is 0 Å². The number of piperazine rings is 1. The largest absolute Gasteiger partial charge is 0.389 e. The Labute approximate surface area is 124 Å². The molecule has 0 atom stereocenters. The molecule has 2 rings (SSSR count). The van der Waals surface area contributed by atoms with E-state index in [4.69, 9.17) is 0 Å². The summed E-state index contributed by atoms with van der Waals surface area (Å²) in [5.74, 6) is 0.809. The van der Waals surface area contributed by atoms with Crippen LogP contribution in [0.3, 0.4) is 0 Å². The van der Waals surface area contributed by atoms with Gasteiger partial charge in [0.15, 0.2) is 0 Å².